The Kier molecular flexibility index (Phi) is 5.02. The highest BCUT2D eigenvalue weighted by atomic mass is 32.1. The number of anilines is 2. The van der Waals surface area contributed by atoms with Crippen LogP contribution in [0.15, 0.2) is 54.6 Å². The Bertz CT molecular complexity index is 820. The summed E-state index contributed by atoms with van der Waals surface area (Å²) >= 11 is 1.27. The number of nitrogens with zero attached hydrogens (tertiary/aromatic N) is 2. The van der Waals surface area contributed by atoms with E-state index in [1.807, 2.05) is 61.5 Å². The Morgan fingerprint density at radius 3 is 2.71 bits per heavy atom. The zero-order valence-electron chi connectivity index (χ0n) is 13.0. The molecule has 0 radical (unpaired) electrons. The van der Waals surface area contributed by atoms with E-state index >= 15 is 0 Å². The van der Waals surface area contributed by atoms with Crippen molar-refractivity contribution in [3.05, 3.63) is 65.2 Å². The van der Waals surface area contributed by atoms with Crippen LogP contribution in [-0.4, -0.2) is 16.2 Å². The summed E-state index contributed by atoms with van der Waals surface area (Å²) in [6.07, 6.45) is 0. The number of benzene rings is 2. The van der Waals surface area contributed by atoms with Crippen LogP contribution in [0.2, 0.25) is 0 Å². The van der Waals surface area contributed by atoms with Gasteiger partial charge in [0.05, 0.1) is 0 Å². The molecule has 122 valence electrons. The van der Waals surface area contributed by atoms with E-state index in [4.69, 9.17) is 4.74 Å². The van der Waals surface area contributed by atoms with Gasteiger partial charge in [0.1, 0.15) is 12.4 Å². The number of nitrogens with one attached hydrogen (secondary N) is 2. The average molecular weight is 340 g/mol. The molecule has 0 atom stereocenters. The average Bonchev–Trinajstić information content (AvgIpc) is 3.01. The summed E-state index contributed by atoms with van der Waals surface area (Å²) in [7, 11) is 0. The molecule has 3 rings (SSSR count). The topological polar surface area (TPSA) is 76.1 Å². The van der Waals surface area contributed by atoms with Crippen LogP contribution in [0.3, 0.4) is 0 Å². The molecular weight excluding hydrogens is 324 g/mol. The van der Waals surface area contributed by atoms with Gasteiger partial charge in [0, 0.05) is 5.69 Å². The van der Waals surface area contributed by atoms with Crippen LogP contribution in [0.5, 0.6) is 5.75 Å². The molecular formula is C17H16N4O2S. The fraction of sp³-hybridized carbons (Fsp3) is 0.118. The van der Waals surface area contributed by atoms with Crippen molar-refractivity contribution in [3.8, 4) is 5.75 Å². The van der Waals surface area contributed by atoms with E-state index in [1.54, 1.807) is 0 Å². The number of aryl methyl sites for hydroxylation is 1. The molecule has 24 heavy (non-hydrogen) atoms. The van der Waals surface area contributed by atoms with Gasteiger partial charge < -0.3 is 10.1 Å². The van der Waals surface area contributed by atoms with Crippen molar-refractivity contribution in [2.45, 2.75) is 13.5 Å². The number of carbonyl (C=O) groups excluding carboxylic acids is 1. The Balaban J connectivity index is 1.53. The van der Waals surface area contributed by atoms with Crippen molar-refractivity contribution in [1.29, 1.82) is 0 Å². The predicted molar refractivity (Wildman–Crippen MR) is 94.5 cm³/mol. The molecule has 0 spiro atoms. The monoisotopic (exact) mass is 340 g/mol. The zero-order chi connectivity index (χ0) is 16.8. The molecule has 2 N–H and O–H groups in total. The molecule has 2 aromatic carbocycles. The van der Waals surface area contributed by atoms with Gasteiger partial charge in [-0.15, -0.1) is 10.2 Å². The molecule has 0 aliphatic heterocycles. The van der Waals surface area contributed by atoms with E-state index in [-0.39, 0.29) is 6.03 Å². The number of ether oxygens (including phenoxy) is 1. The highest BCUT2D eigenvalue weighted by Gasteiger charge is 2.09. The molecule has 0 aliphatic carbocycles. The largest absolute Gasteiger partial charge is 0.486 e. The third-order valence-corrected chi connectivity index (χ3v) is 3.88. The van der Waals surface area contributed by atoms with Crippen molar-refractivity contribution >= 4 is 28.2 Å². The van der Waals surface area contributed by atoms with Crippen molar-refractivity contribution in [3.63, 3.8) is 0 Å². The van der Waals surface area contributed by atoms with Gasteiger partial charge in [0.15, 0.2) is 5.01 Å². The van der Waals surface area contributed by atoms with Crippen molar-refractivity contribution in [1.82, 2.24) is 10.2 Å². The third kappa shape index (κ3) is 4.53. The first-order valence-corrected chi connectivity index (χ1v) is 8.15. The van der Waals surface area contributed by atoms with Crippen LogP contribution in [-0.2, 0) is 6.61 Å². The van der Waals surface area contributed by atoms with Gasteiger partial charge in [-0.2, -0.15) is 0 Å². The van der Waals surface area contributed by atoms with Crippen molar-refractivity contribution < 1.29 is 9.53 Å². The lowest BCUT2D eigenvalue weighted by atomic mass is 10.2. The van der Waals surface area contributed by atoms with Gasteiger partial charge >= 0.3 is 6.03 Å². The molecule has 6 nitrogen and oxygen atoms in total. The molecule has 0 saturated heterocycles. The van der Waals surface area contributed by atoms with Crippen LogP contribution >= 0.6 is 11.3 Å². The van der Waals surface area contributed by atoms with Crippen LogP contribution in [0.25, 0.3) is 0 Å². The molecule has 0 unspecified atom stereocenters. The Labute approximate surface area is 143 Å². The summed E-state index contributed by atoms with van der Waals surface area (Å²) < 4.78 is 5.60. The predicted octanol–water partition coefficient (Wildman–Crippen LogP) is 4.07. The maximum atomic E-state index is 12.0. The number of carbonyl (C=O) groups is 1. The molecule has 1 heterocycles. The van der Waals surface area contributed by atoms with E-state index in [1.165, 1.54) is 11.3 Å². The van der Waals surface area contributed by atoms with Gasteiger partial charge in [-0.1, -0.05) is 41.7 Å². The lowest BCUT2D eigenvalue weighted by Crippen LogP contribution is -2.19. The lowest BCUT2D eigenvalue weighted by Gasteiger charge is -2.05. The second-order valence-electron chi connectivity index (χ2n) is 5.05. The fourth-order valence-electron chi connectivity index (χ4n) is 2.01. The highest BCUT2D eigenvalue weighted by molar-refractivity contribution is 7.15. The number of amides is 2. The molecule has 7 heteroatoms. The third-order valence-electron chi connectivity index (χ3n) is 3.07. The molecule has 1 aromatic heterocycles. The molecule has 2 amide bonds. The zero-order valence-corrected chi connectivity index (χ0v) is 13.8. The van der Waals surface area contributed by atoms with Gasteiger partial charge in [0.2, 0.25) is 5.13 Å². The van der Waals surface area contributed by atoms with Gasteiger partial charge in [-0.25, -0.2) is 4.79 Å². The van der Waals surface area contributed by atoms with Crippen LogP contribution in [0.1, 0.15) is 10.6 Å². The Morgan fingerprint density at radius 1 is 1.08 bits per heavy atom. The Morgan fingerprint density at radius 2 is 1.92 bits per heavy atom. The van der Waals surface area contributed by atoms with E-state index in [0.29, 0.717) is 16.7 Å². The standard InChI is InChI=1S/C17H16N4O2S/c1-12-6-5-7-13(10-12)18-16(22)19-17-21-20-15(24-17)11-23-14-8-3-2-4-9-14/h2-10H,11H2,1H3,(H2,18,19,21,22). The number of urea groups is 1. The molecule has 0 saturated carbocycles. The van der Waals surface area contributed by atoms with E-state index in [0.717, 1.165) is 17.0 Å². The molecule has 0 bridgehead atoms. The number of para-hydroxylation sites is 1. The minimum atomic E-state index is -0.354. The summed E-state index contributed by atoms with van der Waals surface area (Å²) in [6.45, 7) is 2.27. The summed E-state index contributed by atoms with van der Waals surface area (Å²) in [5.41, 5.74) is 1.80. The summed E-state index contributed by atoms with van der Waals surface area (Å²) in [4.78, 5) is 12.0. The maximum Gasteiger partial charge on any atom is 0.325 e. The van der Waals surface area contributed by atoms with E-state index in [2.05, 4.69) is 20.8 Å². The van der Waals surface area contributed by atoms with Crippen LogP contribution < -0.4 is 15.4 Å². The van der Waals surface area contributed by atoms with Gasteiger partial charge in [-0.05, 0) is 36.8 Å². The number of aromatic nitrogens is 2. The van der Waals surface area contributed by atoms with Crippen LogP contribution in [0, 0.1) is 6.92 Å². The second kappa shape index (κ2) is 7.56. The van der Waals surface area contributed by atoms with E-state index < -0.39 is 0 Å². The maximum absolute atomic E-state index is 12.0. The van der Waals surface area contributed by atoms with E-state index in [9.17, 15) is 4.79 Å². The van der Waals surface area contributed by atoms with Crippen molar-refractivity contribution in [2.75, 3.05) is 10.6 Å². The number of hydrogen-bond acceptors (Lipinski definition) is 5. The summed E-state index contributed by atoms with van der Waals surface area (Å²) in [5, 5.41) is 14.5. The normalized spacial score (nSPS) is 10.2. The summed E-state index contributed by atoms with van der Waals surface area (Å²) in [5.74, 6) is 0.763. The number of hydrogen-bond donors (Lipinski definition) is 2. The minimum Gasteiger partial charge on any atom is -0.486 e. The van der Waals surface area contributed by atoms with Crippen LogP contribution in [0.4, 0.5) is 15.6 Å². The van der Waals surface area contributed by atoms with Gasteiger partial charge in [0.25, 0.3) is 0 Å². The van der Waals surface area contributed by atoms with Gasteiger partial charge in [-0.3, -0.25) is 5.32 Å². The summed E-state index contributed by atoms with van der Waals surface area (Å²) in [6, 6.07) is 16.7. The van der Waals surface area contributed by atoms with Crippen molar-refractivity contribution in [2.24, 2.45) is 0 Å². The first-order valence-electron chi connectivity index (χ1n) is 7.34. The smallest absolute Gasteiger partial charge is 0.325 e. The fourth-order valence-corrected chi connectivity index (χ4v) is 2.65. The molecule has 0 aliphatic rings. The Hall–Kier alpha value is -2.93. The minimum absolute atomic E-state index is 0.308. The second-order valence-corrected chi connectivity index (χ2v) is 6.11. The SMILES string of the molecule is Cc1cccc(NC(=O)Nc2nnc(COc3ccccc3)s2)c1. The first kappa shape index (κ1) is 15.9. The number of rotatable bonds is 5. The molecule has 0 fully saturated rings. The highest BCUT2D eigenvalue weighted by Crippen LogP contribution is 2.18. The lowest BCUT2D eigenvalue weighted by molar-refractivity contribution is 0.262. The molecule has 3 aromatic rings. The first-order chi connectivity index (χ1) is 11.7. The quantitative estimate of drug-likeness (QED) is 0.734.